The van der Waals surface area contributed by atoms with Crippen LogP contribution in [0.5, 0.6) is 5.75 Å². The molecule has 0 spiro atoms. The summed E-state index contributed by atoms with van der Waals surface area (Å²) < 4.78 is 48.5. The lowest BCUT2D eigenvalue weighted by molar-refractivity contribution is -0.122. The van der Waals surface area contributed by atoms with Gasteiger partial charge in [-0.15, -0.1) is 5.10 Å². The van der Waals surface area contributed by atoms with Crippen molar-refractivity contribution in [1.82, 2.24) is 35.1 Å². The zero-order chi connectivity index (χ0) is 55.2. The third kappa shape index (κ3) is 17.8. The molecule has 2 aromatic heterocycles. The highest BCUT2D eigenvalue weighted by Gasteiger charge is 2.26. The van der Waals surface area contributed by atoms with Gasteiger partial charge >= 0.3 is 0 Å². The molecule has 1 aliphatic heterocycles. The van der Waals surface area contributed by atoms with Gasteiger partial charge in [0.1, 0.15) is 29.8 Å². The number of ether oxygens (including phenoxy) is 5. The maximum Gasteiger partial charge on any atom is 0.251 e. The number of hydrogen-bond acceptors (Lipinski definition) is 13. The van der Waals surface area contributed by atoms with Gasteiger partial charge in [0.05, 0.1) is 76.3 Å². The van der Waals surface area contributed by atoms with Gasteiger partial charge in [-0.05, 0) is 106 Å². The molecule has 8 rings (SSSR count). The minimum Gasteiger partial charge on any atom is -0.484 e. The van der Waals surface area contributed by atoms with Crippen LogP contribution in [0.1, 0.15) is 92.7 Å². The molecule has 2 aliphatic rings. The molecule has 19 heteroatoms. The summed E-state index contributed by atoms with van der Waals surface area (Å²) in [6.07, 6.45) is 6.03. The van der Waals surface area contributed by atoms with E-state index < -0.39 is 23.7 Å². The summed E-state index contributed by atoms with van der Waals surface area (Å²) in [6, 6.07) is 31.1. The molecule has 1 aliphatic carbocycles. The van der Waals surface area contributed by atoms with Gasteiger partial charge < -0.3 is 59.7 Å². The number of benzene rings is 4. The number of aromatic nitrogens is 4. The maximum absolute atomic E-state index is 15.3. The van der Waals surface area contributed by atoms with E-state index in [4.69, 9.17) is 23.7 Å². The van der Waals surface area contributed by atoms with Crippen molar-refractivity contribution in [2.45, 2.75) is 103 Å². The predicted molar refractivity (Wildman–Crippen MR) is 302 cm³/mol. The van der Waals surface area contributed by atoms with E-state index in [-0.39, 0.29) is 48.2 Å². The van der Waals surface area contributed by atoms with Gasteiger partial charge in [0.2, 0.25) is 11.8 Å². The Labute approximate surface area is 462 Å². The molecule has 0 unspecified atom stereocenters. The standard InChI is InChI=1S/C60H75FN10O8/c1-4-71-51(17-12-26-62-47-15-9-6-10-16-47)39-53-55(18-11-19-56(53)71)65-49-24-28-69(29-25-49)30-32-76-34-36-77-35-33-75-31-27-63-58(73)41-70-40-50(67-68-70)42-78-52-22-20-48(21-23-52)66-60(74)46-37-54(61)59(64-44(3)72)57(38-46)79-43(2)45-13-7-5-8-14-45/h5-11,13-16,18-19,37-40,43,48-49,52,62,65H,4,20-36,41-42H2,1-3H3,(H,63,73)(H,64,72)(H,66,74)/t43-,48?,52?/m0/s1. The summed E-state index contributed by atoms with van der Waals surface area (Å²) in [7, 11) is 0. The Hall–Kier alpha value is -7.34. The fourth-order valence-corrected chi connectivity index (χ4v) is 9.83. The number of anilines is 3. The first kappa shape index (κ1) is 57.8. The van der Waals surface area contributed by atoms with Crippen LogP contribution < -0.4 is 31.3 Å². The highest BCUT2D eigenvalue weighted by Crippen LogP contribution is 2.34. The van der Waals surface area contributed by atoms with Crippen molar-refractivity contribution in [3.8, 4) is 17.6 Å². The van der Waals surface area contributed by atoms with Crippen LogP contribution in [0.3, 0.4) is 0 Å². The maximum atomic E-state index is 15.3. The second-order valence-corrected chi connectivity index (χ2v) is 19.8. The van der Waals surface area contributed by atoms with Gasteiger partial charge in [-0.3, -0.25) is 14.4 Å². The summed E-state index contributed by atoms with van der Waals surface area (Å²) in [6.45, 7) is 13.1. The molecular weight excluding hydrogens is 1010 g/mol. The van der Waals surface area contributed by atoms with Gasteiger partial charge in [-0.1, -0.05) is 65.7 Å². The van der Waals surface area contributed by atoms with Crippen LogP contribution in [-0.4, -0.2) is 133 Å². The molecule has 420 valence electrons. The third-order valence-corrected chi connectivity index (χ3v) is 14.0. The van der Waals surface area contributed by atoms with Crippen molar-refractivity contribution in [2.24, 2.45) is 0 Å². The summed E-state index contributed by atoms with van der Waals surface area (Å²) in [5, 5.41) is 25.0. The number of piperidine rings is 1. The average molecular weight is 1080 g/mol. The van der Waals surface area contributed by atoms with Gasteiger partial charge in [-0.2, -0.15) is 0 Å². The Balaban J connectivity index is 0.623. The van der Waals surface area contributed by atoms with Crippen LogP contribution >= 0.6 is 0 Å². The molecule has 4 aromatic carbocycles. The number of nitrogens with one attached hydrogen (secondary N) is 5. The quantitative estimate of drug-likeness (QED) is 0.0235. The number of nitrogens with zero attached hydrogens (tertiary/aromatic N) is 5. The first-order valence-corrected chi connectivity index (χ1v) is 27.6. The number of hydrogen-bond donors (Lipinski definition) is 5. The Morgan fingerprint density at radius 3 is 2.28 bits per heavy atom. The zero-order valence-electron chi connectivity index (χ0n) is 45.6. The van der Waals surface area contributed by atoms with Crippen molar-refractivity contribution in [2.75, 3.05) is 88.3 Å². The molecule has 0 radical (unpaired) electrons. The van der Waals surface area contributed by atoms with Crippen LogP contribution in [0.4, 0.5) is 21.5 Å². The van der Waals surface area contributed by atoms with Crippen LogP contribution in [0, 0.1) is 17.7 Å². The molecule has 1 saturated heterocycles. The number of rotatable bonds is 28. The Bertz CT molecular complexity index is 2950. The van der Waals surface area contributed by atoms with E-state index >= 15 is 4.39 Å². The highest BCUT2D eigenvalue weighted by molar-refractivity contribution is 5.97. The lowest BCUT2D eigenvalue weighted by atomic mass is 9.92. The molecule has 0 bridgehead atoms. The van der Waals surface area contributed by atoms with Gasteiger partial charge in [0.25, 0.3) is 5.91 Å². The van der Waals surface area contributed by atoms with Gasteiger partial charge in [0.15, 0.2) is 5.82 Å². The van der Waals surface area contributed by atoms with E-state index in [1.54, 1.807) is 6.20 Å². The Kier molecular flexibility index (Phi) is 22.1. The van der Waals surface area contributed by atoms with Gasteiger partial charge in [0, 0.05) is 74.1 Å². The Morgan fingerprint density at radius 1 is 0.823 bits per heavy atom. The fourth-order valence-electron chi connectivity index (χ4n) is 9.83. The topological polar surface area (TPSA) is 196 Å². The first-order chi connectivity index (χ1) is 38.6. The molecule has 1 saturated carbocycles. The molecule has 18 nitrogen and oxygen atoms in total. The number of aryl methyl sites for hydroxylation is 1. The number of carbonyl (C=O) groups excluding carboxylic acids is 3. The number of amides is 3. The Morgan fingerprint density at radius 2 is 1.54 bits per heavy atom. The molecule has 1 atom stereocenters. The SMILES string of the molecule is CCn1c(C#CCNc2ccccc2)cc2c(NC3CCN(CCOCCOCCOCCNC(=O)Cn4cc(COC5CCC(NC(=O)c6cc(F)c(NC(C)=O)c(O[C@@H](C)c7ccccc7)c6)CC5)nn4)CC3)cccc21. The van der Waals surface area contributed by atoms with E-state index in [2.05, 4.69) is 89.4 Å². The minimum atomic E-state index is -0.768. The van der Waals surface area contributed by atoms with E-state index in [9.17, 15) is 14.4 Å². The largest absolute Gasteiger partial charge is 0.484 e. The summed E-state index contributed by atoms with van der Waals surface area (Å²) in [5.41, 5.74) is 5.89. The highest BCUT2D eigenvalue weighted by atomic mass is 19.1. The summed E-state index contributed by atoms with van der Waals surface area (Å²) in [5.74, 6) is 4.88. The van der Waals surface area contributed by atoms with E-state index in [0.29, 0.717) is 90.1 Å². The number of carbonyl (C=O) groups is 3. The van der Waals surface area contributed by atoms with Crippen LogP contribution in [0.25, 0.3) is 10.9 Å². The number of halogens is 1. The summed E-state index contributed by atoms with van der Waals surface area (Å²) >= 11 is 0. The minimum absolute atomic E-state index is 0.00867. The van der Waals surface area contributed by atoms with Crippen molar-refractivity contribution < 1.29 is 42.5 Å². The normalized spacial score (nSPS) is 16.2. The van der Waals surface area contributed by atoms with Crippen LogP contribution in [0.15, 0.2) is 103 Å². The molecule has 79 heavy (non-hydrogen) atoms. The summed E-state index contributed by atoms with van der Waals surface area (Å²) in [4.78, 5) is 40.2. The van der Waals surface area contributed by atoms with Crippen molar-refractivity contribution in [3.63, 3.8) is 0 Å². The van der Waals surface area contributed by atoms with Gasteiger partial charge in [-0.25, -0.2) is 9.07 Å². The second-order valence-electron chi connectivity index (χ2n) is 19.8. The number of likely N-dealkylation sites (tertiary alicyclic amines) is 1. The molecule has 5 N–H and O–H groups in total. The molecule has 6 aromatic rings. The third-order valence-electron chi connectivity index (χ3n) is 14.0. The van der Waals surface area contributed by atoms with Crippen molar-refractivity contribution in [1.29, 1.82) is 0 Å². The van der Waals surface area contributed by atoms with Crippen molar-refractivity contribution >= 4 is 45.7 Å². The molecule has 2 fully saturated rings. The fraction of sp³-hybridized carbons (Fsp3) is 0.450. The van der Waals surface area contributed by atoms with E-state index in [0.717, 1.165) is 67.7 Å². The smallest absolute Gasteiger partial charge is 0.251 e. The second kappa shape index (κ2) is 30.1. The van der Waals surface area contributed by atoms with E-state index in [1.165, 1.54) is 28.6 Å². The molecule has 3 amide bonds. The lowest BCUT2D eigenvalue weighted by Crippen LogP contribution is -2.40. The number of para-hydroxylation sites is 1. The average Bonchev–Trinajstić information content (AvgIpc) is 4.17. The van der Waals surface area contributed by atoms with Crippen LogP contribution in [-0.2, 0) is 48.2 Å². The van der Waals surface area contributed by atoms with Crippen LogP contribution in [0.2, 0.25) is 0 Å². The lowest BCUT2D eigenvalue weighted by Gasteiger charge is -2.32. The predicted octanol–water partition coefficient (Wildman–Crippen LogP) is 7.95. The zero-order valence-corrected chi connectivity index (χ0v) is 45.6. The monoisotopic (exact) mass is 1080 g/mol. The molecular formula is C60H75FN10O8. The van der Waals surface area contributed by atoms with Crippen molar-refractivity contribution in [3.05, 3.63) is 132 Å². The first-order valence-electron chi connectivity index (χ1n) is 27.6. The number of fused-ring (bicyclic) bond motifs is 1. The molecule has 3 heterocycles. The van der Waals surface area contributed by atoms with E-state index in [1.807, 2.05) is 67.6 Å².